The van der Waals surface area contributed by atoms with E-state index in [9.17, 15) is 9.18 Å². The SMILES string of the molecule is CC(C)(F)[C@@H]1CC=C(C(=O)O)CC1. The summed E-state index contributed by atoms with van der Waals surface area (Å²) in [6.45, 7) is 3.11. The Kier molecular flexibility index (Phi) is 2.74. The third-order valence-corrected chi connectivity index (χ3v) is 2.66. The Labute approximate surface area is 77.4 Å². The molecule has 0 heterocycles. The second kappa shape index (κ2) is 3.48. The number of carbonyl (C=O) groups is 1. The fraction of sp³-hybridized carbons (Fsp3) is 0.700. The maximum absolute atomic E-state index is 13.4. The van der Waals surface area contributed by atoms with Crippen molar-refractivity contribution in [1.29, 1.82) is 0 Å². The van der Waals surface area contributed by atoms with Gasteiger partial charge in [-0.1, -0.05) is 6.08 Å². The summed E-state index contributed by atoms with van der Waals surface area (Å²) in [5.41, 5.74) is -0.763. The van der Waals surface area contributed by atoms with Crippen LogP contribution in [0.25, 0.3) is 0 Å². The minimum absolute atomic E-state index is 0.0319. The number of allylic oxidation sites excluding steroid dienone is 1. The van der Waals surface area contributed by atoms with Crippen LogP contribution in [-0.4, -0.2) is 16.7 Å². The first kappa shape index (κ1) is 10.2. The van der Waals surface area contributed by atoms with Crippen LogP contribution in [0.5, 0.6) is 0 Å². The van der Waals surface area contributed by atoms with Gasteiger partial charge in [0.15, 0.2) is 0 Å². The molecule has 13 heavy (non-hydrogen) atoms. The van der Waals surface area contributed by atoms with Gasteiger partial charge in [0.25, 0.3) is 0 Å². The Morgan fingerprint density at radius 2 is 2.31 bits per heavy atom. The van der Waals surface area contributed by atoms with E-state index in [1.807, 2.05) is 0 Å². The van der Waals surface area contributed by atoms with E-state index >= 15 is 0 Å². The Morgan fingerprint density at radius 1 is 1.69 bits per heavy atom. The third-order valence-electron chi connectivity index (χ3n) is 2.66. The lowest BCUT2D eigenvalue weighted by Gasteiger charge is -2.28. The molecule has 1 N–H and O–H groups in total. The third kappa shape index (κ3) is 2.54. The number of carboxylic acid groups (broad SMARTS) is 1. The van der Waals surface area contributed by atoms with Gasteiger partial charge in [0, 0.05) is 5.57 Å². The molecule has 3 heteroatoms. The van der Waals surface area contributed by atoms with E-state index in [0.717, 1.165) is 0 Å². The highest BCUT2D eigenvalue weighted by Crippen LogP contribution is 2.34. The average Bonchev–Trinajstić information content (AvgIpc) is 2.03. The molecule has 1 rings (SSSR count). The van der Waals surface area contributed by atoms with Crippen LogP contribution < -0.4 is 0 Å². The molecule has 0 unspecified atom stereocenters. The zero-order chi connectivity index (χ0) is 10.1. The van der Waals surface area contributed by atoms with E-state index in [0.29, 0.717) is 24.8 Å². The van der Waals surface area contributed by atoms with Gasteiger partial charge in [-0.3, -0.25) is 0 Å². The molecule has 0 spiro atoms. The van der Waals surface area contributed by atoms with Crippen LogP contribution in [0.2, 0.25) is 0 Å². The van der Waals surface area contributed by atoms with E-state index in [1.165, 1.54) is 0 Å². The molecule has 0 aromatic rings. The number of hydrogen-bond acceptors (Lipinski definition) is 1. The van der Waals surface area contributed by atoms with Crippen LogP contribution in [0.15, 0.2) is 11.6 Å². The highest BCUT2D eigenvalue weighted by molar-refractivity contribution is 5.86. The Bertz CT molecular complexity index is 238. The molecule has 0 saturated heterocycles. The lowest BCUT2D eigenvalue weighted by molar-refractivity contribution is -0.133. The van der Waals surface area contributed by atoms with Gasteiger partial charge in [-0.2, -0.15) is 0 Å². The van der Waals surface area contributed by atoms with Gasteiger partial charge in [0.05, 0.1) is 0 Å². The van der Waals surface area contributed by atoms with Crippen molar-refractivity contribution in [2.45, 2.75) is 38.8 Å². The van der Waals surface area contributed by atoms with Crippen LogP contribution in [0, 0.1) is 5.92 Å². The Morgan fingerprint density at radius 3 is 2.62 bits per heavy atom. The van der Waals surface area contributed by atoms with Crippen molar-refractivity contribution in [3.05, 3.63) is 11.6 Å². The van der Waals surface area contributed by atoms with Crippen molar-refractivity contribution in [3.8, 4) is 0 Å². The van der Waals surface area contributed by atoms with Crippen molar-refractivity contribution < 1.29 is 14.3 Å². The van der Waals surface area contributed by atoms with Gasteiger partial charge < -0.3 is 5.11 Å². The second-order valence-electron chi connectivity index (χ2n) is 4.07. The standard InChI is InChI=1S/C10H15FO2/c1-10(2,11)8-5-3-7(4-6-8)9(12)13/h3,8H,4-6H2,1-2H3,(H,12,13)/t8-/m1/s1. The number of alkyl halides is 1. The van der Waals surface area contributed by atoms with E-state index < -0.39 is 11.6 Å². The monoisotopic (exact) mass is 186 g/mol. The molecule has 0 saturated carbocycles. The first-order chi connectivity index (χ1) is 5.91. The van der Waals surface area contributed by atoms with Crippen molar-refractivity contribution in [3.63, 3.8) is 0 Å². The normalized spacial score (nSPS) is 23.9. The first-order valence-electron chi connectivity index (χ1n) is 4.52. The quantitative estimate of drug-likeness (QED) is 0.719. The van der Waals surface area contributed by atoms with Gasteiger partial charge in [-0.15, -0.1) is 0 Å². The van der Waals surface area contributed by atoms with E-state index in [1.54, 1.807) is 19.9 Å². The van der Waals surface area contributed by atoms with Crippen molar-refractivity contribution in [1.82, 2.24) is 0 Å². The summed E-state index contributed by atoms with van der Waals surface area (Å²) in [5, 5.41) is 8.67. The Balaban J connectivity index is 2.61. The lowest BCUT2D eigenvalue weighted by Crippen LogP contribution is -2.28. The van der Waals surface area contributed by atoms with Gasteiger partial charge in [0.1, 0.15) is 5.67 Å². The molecule has 1 aliphatic carbocycles. The maximum atomic E-state index is 13.4. The molecule has 0 bridgehead atoms. The van der Waals surface area contributed by atoms with Crippen LogP contribution in [0.4, 0.5) is 4.39 Å². The summed E-state index contributed by atoms with van der Waals surface area (Å²) in [6, 6.07) is 0. The van der Waals surface area contributed by atoms with Crippen molar-refractivity contribution >= 4 is 5.97 Å². The minimum atomic E-state index is -1.19. The highest BCUT2D eigenvalue weighted by atomic mass is 19.1. The number of rotatable bonds is 2. The van der Waals surface area contributed by atoms with Crippen LogP contribution in [-0.2, 0) is 4.79 Å². The van der Waals surface area contributed by atoms with Gasteiger partial charge in [-0.25, -0.2) is 9.18 Å². The molecule has 0 aromatic carbocycles. The summed E-state index contributed by atoms with van der Waals surface area (Å²) >= 11 is 0. The van der Waals surface area contributed by atoms with E-state index in [2.05, 4.69) is 0 Å². The van der Waals surface area contributed by atoms with Crippen LogP contribution in [0.1, 0.15) is 33.1 Å². The summed E-state index contributed by atoms with van der Waals surface area (Å²) in [5.74, 6) is -0.897. The van der Waals surface area contributed by atoms with Gasteiger partial charge in [-0.05, 0) is 39.0 Å². The van der Waals surface area contributed by atoms with Gasteiger partial charge >= 0.3 is 5.97 Å². The second-order valence-corrected chi connectivity index (χ2v) is 4.07. The zero-order valence-corrected chi connectivity index (χ0v) is 8.01. The van der Waals surface area contributed by atoms with E-state index in [4.69, 9.17) is 5.11 Å². The predicted molar refractivity (Wildman–Crippen MR) is 48.2 cm³/mol. The van der Waals surface area contributed by atoms with Crippen molar-refractivity contribution in [2.24, 2.45) is 5.92 Å². The molecule has 74 valence electrons. The number of halogens is 1. The molecule has 0 radical (unpaired) electrons. The van der Waals surface area contributed by atoms with Crippen LogP contribution in [0.3, 0.4) is 0 Å². The largest absolute Gasteiger partial charge is 0.478 e. The lowest BCUT2D eigenvalue weighted by atomic mass is 9.80. The molecule has 2 nitrogen and oxygen atoms in total. The van der Waals surface area contributed by atoms with E-state index in [-0.39, 0.29) is 5.92 Å². The molecule has 0 amide bonds. The molecule has 1 atom stereocenters. The first-order valence-corrected chi connectivity index (χ1v) is 4.52. The van der Waals surface area contributed by atoms with Crippen molar-refractivity contribution in [2.75, 3.05) is 0 Å². The number of hydrogen-bond donors (Lipinski definition) is 1. The smallest absolute Gasteiger partial charge is 0.331 e. The maximum Gasteiger partial charge on any atom is 0.331 e. The summed E-state index contributed by atoms with van der Waals surface area (Å²) < 4.78 is 13.4. The molecular weight excluding hydrogens is 171 g/mol. The number of carboxylic acids is 1. The summed E-state index contributed by atoms with van der Waals surface area (Å²) in [6.07, 6.45) is 3.33. The zero-order valence-electron chi connectivity index (χ0n) is 8.01. The Hall–Kier alpha value is -0.860. The summed E-state index contributed by atoms with van der Waals surface area (Å²) in [7, 11) is 0. The average molecular weight is 186 g/mol. The molecule has 0 aliphatic heterocycles. The predicted octanol–water partition coefficient (Wildman–Crippen LogP) is 2.55. The molecule has 0 fully saturated rings. The topological polar surface area (TPSA) is 37.3 Å². The fourth-order valence-corrected chi connectivity index (χ4v) is 1.65. The summed E-state index contributed by atoms with van der Waals surface area (Å²) in [4.78, 5) is 10.5. The number of aliphatic carboxylic acids is 1. The molecular formula is C10H15FO2. The minimum Gasteiger partial charge on any atom is -0.478 e. The molecule has 0 aromatic heterocycles. The highest BCUT2D eigenvalue weighted by Gasteiger charge is 2.31. The fourth-order valence-electron chi connectivity index (χ4n) is 1.65. The van der Waals surface area contributed by atoms with Gasteiger partial charge in [0.2, 0.25) is 0 Å². The molecule has 1 aliphatic rings. The van der Waals surface area contributed by atoms with Crippen LogP contribution >= 0.6 is 0 Å².